The third-order valence-electron chi connectivity index (χ3n) is 5.96. The van der Waals surface area contributed by atoms with Gasteiger partial charge >= 0.3 is 5.97 Å². The number of ether oxygens (including phenoxy) is 2. The summed E-state index contributed by atoms with van der Waals surface area (Å²) in [5, 5.41) is 14.8. The van der Waals surface area contributed by atoms with E-state index in [9.17, 15) is 14.9 Å². The normalized spacial score (nSPS) is 19.9. The summed E-state index contributed by atoms with van der Waals surface area (Å²) in [6.07, 6.45) is 0.387. The SMILES string of the molecule is CCOC(=O)C1=C(C)NC(CC)=C(C2=NCC(c3ccccc3)O2)C1c1cccc([N+](=O)[O-])c1. The van der Waals surface area contributed by atoms with Gasteiger partial charge in [0, 0.05) is 29.1 Å². The number of benzene rings is 2. The molecule has 2 atom stereocenters. The second kappa shape index (κ2) is 9.91. The van der Waals surface area contributed by atoms with Crippen molar-refractivity contribution in [2.24, 2.45) is 4.99 Å². The van der Waals surface area contributed by atoms with Crippen molar-refractivity contribution < 1.29 is 19.2 Å². The molecule has 2 unspecified atom stereocenters. The zero-order valence-electron chi connectivity index (χ0n) is 19.4. The lowest BCUT2D eigenvalue weighted by molar-refractivity contribution is -0.384. The first kappa shape index (κ1) is 23.2. The fourth-order valence-corrected chi connectivity index (χ4v) is 4.42. The largest absolute Gasteiger partial charge is 0.467 e. The van der Waals surface area contributed by atoms with Gasteiger partial charge in [0.25, 0.3) is 5.69 Å². The van der Waals surface area contributed by atoms with Crippen LogP contribution < -0.4 is 5.32 Å². The molecule has 0 aromatic heterocycles. The molecule has 0 saturated heterocycles. The van der Waals surface area contributed by atoms with Crippen LogP contribution in [0.4, 0.5) is 5.69 Å². The Morgan fingerprint density at radius 3 is 2.59 bits per heavy atom. The van der Waals surface area contributed by atoms with Crippen LogP contribution in [-0.4, -0.2) is 29.9 Å². The van der Waals surface area contributed by atoms with E-state index in [2.05, 4.69) is 5.32 Å². The Kier molecular flexibility index (Phi) is 6.77. The van der Waals surface area contributed by atoms with E-state index in [1.165, 1.54) is 12.1 Å². The highest BCUT2D eigenvalue weighted by molar-refractivity contribution is 6.02. The van der Waals surface area contributed by atoms with E-state index >= 15 is 0 Å². The van der Waals surface area contributed by atoms with Crippen LogP contribution in [-0.2, 0) is 14.3 Å². The number of hydrogen-bond donors (Lipinski definition) is 1. The summed E-state index contributed by atoms with van der Waals surface area (Å²) < 4.78 is 11.7. The summed E-state index contributed by atoms with van der Waals surface area (Å²) in [7, 11) is 0. The standard InChI is InChI=1S/C26H27N3O5/c1-4-20-24(25-27-15-21(34-25)17-10-7-6-8-11-17)23(18-12-9-13-19(14-18)29(31)32)22(16(3)28-20)26(30)33-5-2/h6-14,21,23,28H,4-5,15H2,1-3H3. The van der Waals surface area contributed by atoms with E-state index in [0.29, 0.717) is 41.3 Å². The van der Waals surface area contributed by atoms with Crippen molar-refractivity contribution in [1.82, 2.24) is 5.32 Å². The highest BCUT2D eigenvalue weighted by Gasteiger charge is 2.40. The monoisotopic (exact) mass is 461 g/mol. The minimum absolute atomic E-state index is 0.0502. The number of allylic oxidation sites excluding steroid dienone is 2. The number of esters is 1. The van der Waals surface area contributed by atoms with Crippen LogP contribution in [0.15, 0.2) is 82.1 Å². The summed E-state index contributed by atoms with van der Waals surface area (Å²) in [5.74, 6) is -0.665. The van der Waals surface area contributed by atoms with Gasteiger partial charge in [0.15, 0.2) is 0 Å². The number of non-ortho nitro benzene ring substituents is 1. The van der Waals surface area contributed by atoms with Gasteiger partial charge in [0.1, 0.15) is 6.10 Å². The van der Waals surface area contributed by atoms with E-state index in [1.54, 1.807) is 19.1 Å². The molecule has 4 rings (SSSR count). The summed E-state index contributed by atoms with van der Waals surface area (Å²) >= 11 is 0. The lowest BCUT2D eigenvalue weighted by atomic mass is 9.79. The predicted molar refractivity (Wildman–Crippen MR) is 128 cm³/mol. The molecule has 0 spiro atoms. The van der Waals surface area contributed by atoms with Gasteiger partial charge in [-0.05, 0) is 31.4 Å². The molecule has 0 saturated carbocycles. The van der Waals surface area contributed by atoms with Crippen LogP contribution >= 0.6 is 0 Å². The maximum atomic E-state index is 13.1. The van der Waals surface area contributed by atoms with Gasteiger partial charge in [-0.3, -0.25) is 10.1 Å². The molecule has 176 valence electrons. The molecule has 8 heteroatoms. The van der Waals surface area contributed by atoms with Gasteiger partial charge in [-0.25, -0.2) is 9.79 Å². The van der Waals surface area contributed by atoms with E-state index in [1.807, 2.05) is 44.2 Å². The lowest BCUT2D eigenvalue weighted by Gasteiger charge is -2.32. The van der Waals surface area contributed by atoms with Gasteiger partial charge in [-0.2, -0.15) is 0 Å². The Morgan fingerprint density at radius 1 is 1.18 bits per heavy atom. The van der Waals surface area contributed by atoms with Gasteiger partial charge < -0.3 is 14.8 Å². The average Bonchev–Trinajstić information content (AvgIpc) is 3.34. The zero-order valence-corrected chi connectivity index (χ0v) is 19.4. The van der Waals surface area contributed by atoms with Crippen LogP contribution in [0.2, 0.25) is 0 Å². The molecule has 2 aromatic rings. The molecule has 0 bridgehead atoms. The molecular weight excluding hydrogens is 434 g/mol. The quantitative estimate of drug-likeness (QED) is 0.355. The number of carbonyl (C=O) groups excluding carboxylic acids is 1. The topological polar surface area (TPSA) is 103 Å². The number of nitrogens with zero attached hydrogens (tertiary/aromatic N) is 2. The first-order valence-corrected chi connectivity index (χ1v) is 11.3. The van der Waals surface area contributed by atoms with Gasteiger partial charge in [0.2, 0.25) is 5.90 Å². The van der Waals surface area contributed by atoms with Crippen molar-refractivity contribution in [1.29, 1.82) is 0 Å². The number of carbonyl (C=O) groups is 1. The molecule has 0 aliphatic carbocycles. The Bertz CT molecular complexity index is 1200. The number of hydrogen-bond acceptors (Lipinski definition) is 7. The molecule has 2 heterocycles. The van der Waals surface area contributed by atoms with Crippen molar-refractivity contribution in [2.75, 3.05) is 13.2 Å². The van der Waals surface area contributed by atoms with Crippen LogP contribution in [0.5, 0.6) is 0 Å². The van der Waals surface area contributed by atoms with E-state index in [0.717, 1.165) is 11.3 Å². The van der Waals surface area contributed by atoms with Crippen molar-refractivity contribution in [3.63, 3.8) is 0 Å². The molecule has 8 nitrogen and oxygen atoms in total. The summed E-state index contributed by atoms with van der Waals surface area (Å²) in [4.78, 5) is 28.9. The molecule has 1 N–H and O–H groups in total. The van der Waals surface area contributed by atoms with Crippen molar-refractivity contribution in [2.45, 2.75) is 39.2 Å². The molecule has 0 fully saturated rings. The van der Waals surface area contributed by atoms with Crippen molar-refractivity contribution in [3.05, 3.63) is 98.4 Å². The molecule has 0 amide bonds. The fraction of sp³-hybridized carbons (Fsp3) is 0.308. The van der Waals surface area contributed by atoms with Crippen LogP contribution in [0, 0.1) is 10.1 Å². The van der Waals surface area contributed by atoms with Gasteiger partial charge in [-0.1, -0.05) is 49.4 Å². The predicted octanol–water partition coefficient (Wildman–Crippen LogP) is 4.95. The molecule has 2 aromatic carbocycles. The molecule has 0 radical (unpaired) electrons. The highest BCUT2D eigenvalue weighted by atomic mass is 16.6. The third kappa shape index (κ3) is 4.44. The average molecular weight is 462 g/mol. The molecular formula is C26H27N3O5. The van der Waals surface area contributed by atoms with E-state index < -0.39 is 16.8 Å². The summed E-state index contributed by atoms with van der Waals surface area (Å²) in [6, 6.07) is 16.2. The minimum atomic E-state index is -0.622. The summed E-state index contributed by atoms with van der Waals surface area (Å²) in [5.41, 5.74) is 4.16. The Balaban J connectivity index is 1.82. The Morgan fingerprint density at radius 2 is 1.91 bits per heavy atom. The maximum absolute atomic E-state index is 13.1. The molecule has 34 heavy (non-hydrogen) atoms. The van der Waals surface area contributed by atoms with Crippen molar-refractivity contribution >= 4 is 17.6 Å². The fourth-order valence-electron chi connectivity index (χ4n) is 4.42. The third-order valence-corrected chi connectivity index (χ3v) is 5.96. The molecule has 2 aliphatic rings. The zero-order chi connectivity index (χ0) is 24.2. The number of rotatable bonds is 7. The van der Waals surface area contributed by atoms with E-state index in [4.69, 9.17) is 14.5 Å². The number of dihydropyridines is 1. The number of nitro benzene ring substituents is 1. The highest BCUT2D eigenvalue weighted by Crippen LogP contribution is 2.42. The number of nitro groups is 1. The number of nitrogens with one attached hydrogen (secondary N) is 1. The van der Waals surface area contributed by atoms with E-state index in [-0.39, 0.29) is 18.4 Å². The van der Waals surface area contributed by atoms with Crippen LogP contribution in [0.3, 0.4) is 0 Å². The van der Waals surface area contributed by atoms with Crippen LogP contribution in [0.1, 0.15) is 50.3 Å². The smallest absolute Gasteiger partial charge is 0.336 e. The lowest BCUT2D eigenvalue weighted by Crippen LogP contribution is -2.33. The first-order chi connectivity index (χ1) is 16.4. The summed E-state index contributed by atoms with van der Waals surface area (Å²) in [6.45, 7) is 6.21. The van der Waals surface area contributed by atoms with Crippen LogP contribution in [0.25, 0.3) is 0 Å². The van der Waals surface area contributed by atoms with Gasteiger partial charge in [-0.15, -0.1) is 0 Å². The second-order valence-electron chi connectivity index (χ2n) is 8.08. The number of aliphatic imine (C=N–C) groups is 1. The minimum Gasteiger partial charge on any atom is -0.467 e. The van der Waals surface area contributed by atoms with Gasteiger partial charge in [0.05, 0.1) is 29.6 Å². The van der Waals surface area contributed by atoms with Crippen molar-refractivity contribution in [3.8, 4) is 0 Å². The maximum Gasteiger partial charge on any atom is 0.336 e. The Labute approximate surface area is 198 Å². The Hall–Kier alpha value is -3.94. The first-order valence-electron chi connectivity index (χ1n) is 11.3. The second-order valence-corrected chi connectivity index (χ2v) is 8.08. The molecule has 2 aliphatic heterocycles.